The van der Waals surface area contributed by atoms with Crippen LogP contribution in [0.2, 0.25) is 5.02 Å². The van der Waals surface area contributed by atoms with E-state index in [0.29, 0.717) is 10.6 Å². The van der Waals surface area contributed by atoms with Gasteiger partial charge in [-0.05, 0) is 31.6 Å². The second-order valence-electron chi connectivity index (χ2n) is 4.70. The predicted octanol–water partition coefficient (Wildman–Crippen LogP) is 3.56. The Balaban J connectivity index is 2.23. The average Bonchev–Trinajstić information content (AvgIpc) is 2.79. The molecule has 1 heterocycles. The van der Waals surface area contributed by atoms with Crippen molar-refractivity contribution in [2.75, 3.05) is 7.11 Å². The molecule has 0 N–H and O–H groups in total. The van der Waals surface area contributed by atoms with Crippen LogP contribution in [0.15, 0.2) is 42.2 Å². The first-order valence-corrected chi connectivity index (χ1v) is 6.93. The minimum absolute atomic E-state index is 0.00490. The Bertz CT molecular complexity index is 592. The summed E-state index contributed by atoms with van der Waals surface area (Å²) in [6, 6.07) is 7.01. The Morgan fingerprint density at radius 1 is 1.38 bits per heavy atom. The van der Waals surface area contributed by atoms with Crippen molar-refractivity contribution in [1.82, 2.24) is 0 Å². The number of benzene rings is 1. The number of hydrogen-bond acceptors (Lipinski definition) is 4. The Morgan fingerprint density at radius 3 is 2.67 bits per heavy atom. The summed E-state index contributed by atoms with van der Waals surface area (Å²) >= 11 is 6.11. The Labute approximate surface area is 129 Å². The van der Waals surface area contributed by atoms with Crippen LogP contribution in [0.4, 0.5) is 0 Å². The van der Waals surface area contributed by atoms with E-state index in [9.17, 15) is 4.79 Å². The number of halogens is 1. The maximum absolute atomic E-state index is 11.9. The average molecular weight is 309 g/mol. The van der Waals surface area contributed by atoms with Crippen LogP contribution in [-0.2, 0) is 19.0 Å². The zero-order valence-corrected chi connectivity index (χ0v) is 12.9. The first-order chi connectivity index (χ1) is 10.0. The molecule has 2 unspecified atom stereocenters. The Morgan fingerprint density at radius 2 is 2.10 bits per heavy atom. The predicted molar refractivity (Wildman–Crippen MR) is 80.6 cm³/mol. The summed E-state index contributed by atoms with van der Waals surface area (Å²) in [6.07, 6.45) is 2.69. The summed E-state index contributed by atoms with van der Waals surface area (Å²) in [5.41, 5.74) is 1.89. The molecular weight excluding hydrogens is 292 g/mol. The van der Waals surface area contributed by atoms with E-state index >= 15 is 0 Å². The third-order valence-corrected chi connectivity index (χ3v) is 3.60. The fourth-order valence-electron chi connectivity index (χ4n) is 1.92. The lowest BCUT2D eigenvalue weighted by atomic mass is 10.1. The number of carbonyl (C=O) groups excluding carboxylic acids is 1. The van der Waals surface area contributed by atoms with E-state index in [4.69, 9.17) is 25.8 Å². The van der Waals surface area contributed by atoms with E-state index in [-0.39, 0.29) is 11.7 Å². The van der Waals surface area contributed by atoms with Gasteiger partial charge in [0.2, 0.25) is 6.29 Å². The van der Waals surface area contributed by atoms with Crippen molar-refractivity contribution < 1.29 is 19.0 Å². The second kappa shape index (κ2) is 6.78. The van der Waals surface area contributed by atoms with Crippen LogP contribution in [0.1, 0.15) is 19.4 Å². The zero-order valence-electron chi connectivity index (χ0n) is 12.1. The van der Waals surface area contributed by atoms with Crippen molar-refractivity contribution in [3.05, 3.63) is 52.8 Å². The molecule has 1 aromatic rings. The van der Waals surface area contributed by atoms with E-state index in [0.717, 1.165) is 5.57 Å². The lowest BCUT2D eigenvalue weighted by Crippen LogP contribution is -2.13. The molecule has 1 aliphatic heterocycles. The van der Waals surface area contributed by atoms with Crippen molar-refractivity contribution in [1.29, 1.82) is 0 Å². The van der Waals surface area contributed by atoms with Crippen molar-refractivity contribution in [2.24, 2.45) is 0 Å². The van der Waals surface area contributed by atoms with Gasteiger partial charge in [0.05, 0.1) is 13.2 Å². The molecule has 0 aromatic heterocycles. The smallest absolute Gasteiger partial charge is 0.341 e. The lowest BCUT2D eigenvalue weighted by Gasteiger charge is -2.13. The molecule has 0 amide bonds. The summed E-state index contributed by atoms with van der Waals surface area (Å²) in [5, 5.41) is 0.449. The number of carbonyl (C=O) groups is 1. The highest BCUT2D eigenvalue weighted by molar-refractivity contribution is 6.34. The van der Waals surface area contributed by atoms with Gasteiger partial charge in [-0.1, -0.05) is 29.8 Å². The van der Waals surface area contributed by atoms with Gasteiger partial charge < -0.3 is 14.2 Å². The molecule has 2 rings (SSSR count). The van der Waals surface area contributed by atoms with Crippen LogP contribution in [-0.4, -0.2) is 25.5 Å². The molecule has 0 fully saturated rings. The molecule has 1 aromatic carbocycles. The summed E-state index contributed by atoms with van der Waals surface area (Å²) in [6.45, 7) is 3.90. The number of esters is 1. The standard InChI is InChI=1S/C16H17ClO4/c1-10-8-15(21-11(10)2)20-9-13(16(18)19-3)12-6-4-5-7-14(12)17/h4-9,11,15H,1-3H3/b13-9+. The summed E-state index contributed by atoms with van der Waals surface area (Å²) in [4.78, 5) is 11.9. The van der Waals surface area contributed by atoms with E-state index in [1.54, 1.807) is 24.3 Å². The molecule has 0 saturated carbocycles. The largest absolute Gasteiger partial charge is 0.468 e. The lowest BCUT2D eigenvalue weighted by molar-refractivity contribution is -0.134. The quantitative estimate of drug-likeness (QED) is 0.369. The first kappa shape index (κ1) is 15.6. The molecule has 1 aliphatic rings. The van der Waals surface area contributed by atoms with Gasteiger partial charge in [0.1, 0.15) is 11.8 Å². The van der Waals surface area contributed by atoms with Crippen molar-refractivity contribution in [2.45, 2.75) is 26.2 Å². The molecule has 0 spiro atoms. The van der Waals surface area contributed by atoms with E-state index in [1.807, 2.05) is 19.9 Å². The van der Waals surface area contributed by atoms with Gasteiger partial charge in [-0.25, -0.2) is 4.79 Å². The molecule has 5 heteroatoms. The highest BCUT2D eigenvalue weighted by Crippen LogP contribution is 2.26. The Kier molecular flexibility index (Phi) is 5.04. The highest BCUT2D eigenvalue weighted by atomic mass is 35.5. The van der Waals surface area contributed by atoms with Crippen LogP contribution in [0, 0.1) is 0 Å². The third kappa shape index (κ3) is 3.65. The molecule has 0 radical (unpaired) electrons. The molecule has 2 atom stereocenters. The van der Waals surface area contributed by atoms with Crippen LogP contribution in [0.5, 0.6) is 0 Å². The van der Waals surface area contributed by atoms with Crippen LogP contribution >= 0.6 is 11.6 Å². The molecular formula is C16H17ClO4. The summed E-state index contributed by atoms with van der Waals surface area (Å²) < 4.78 is 15.9. The molecule has 0 saturated heterocycles. The Hall–Kier alpha value is -1.78. The summed E-state index contributed by atoms with van der Waals surface area (Å²) in [7, 11) is 1.31. The highest BCUT2D eigenvalue weighted by Gasteiger charge is 2.22. The van der Waals surface area contributed by atoms with Crippen molar-refractivity contribution >= 4 is 23.1 Å². The van der Waals surface area contributed by atoms with Crippen LogP contribution in [0.25, 0.3) is 5.57 Å². The minimum atomic E-state index is -0.519. The molecule has 0 aliphatic carbocycles. The van der Waals surface area contributed by atoms with Gasteiger partial charge in [-0.3, -0.25) is 0 Å². The van der Waals surface area contributed by atoms with Gasteiger partial charge in [-0.2, -0.15) is 0 Å². The fourth-order valence-corrected chi connectivity index (χ4v) is 2.15. The van der Waals surface area contributed by atoms with Gasteiger partial charge in [0.25, 0.3) is 0 Å². The monoisotopic (exact) mass is 308 g/mol. The maximum atomic E-state index is 11.9. The number of rotatable bonds is 4. The van der Waals surface area contributed by atoms with Gasteiger partial charge >= 0.3 is 5.97 Å². The second-order valence-corrected chi connectivity index (χ2v) is 5.10. The van der Waals surface area contributed by atoms with Gasteiger partial charge in [-0.15, -0.1) is 0 Å². The molecule has 21 heavy (non-hydrogen) atoms. The van der Waals surface area contributed by atoms with Crippen LogP contribution in [0.3, 0.4) is 0 Å². The summed E-state index contributed by atoms with van der Waals surface area (Å²) in [5.74, 6) is -0.519. The van der Waals surface area contributed by atoms with Crippen LogP contribution < -0.4 is 0 Å². The van der Waals surface area contributed by atoms with E-state index < -0.39 is 12.3 Å². The third-order valence-electron chi connectivity index (χ3n) is 3.27. The topological polar surface area (TPSA) is 44.8 Å². The first-order valence-electron chi connectivity index (χ1n) is 6.55. The van der Waals surface area contributed by atoms with Crippen molar-refractivity contribution in [3.8, 4) is 0 Å². The molecule has 4 nitrogen and oxygen atoms in total. The zero-order chi connectivity index (χ0) is 15.4. The van der Waals surface area contributed by atoms with Gasteiger partial charge in [0, 0.05) is 10.6 Å². The number of ether oxygens (including phenoxy) is 3. The SMILES string of the molecule is COC(=O)/C(=C/OC1C=C(C)C(C)O1)c1ccccc1Cl. The fraction of sp³-hybridized carbons (Fsp3) is 0.312. The number of methoxy groups -OCH3 is 1. The minimum Gasteiger partial charge on any atom is -0.468 e. The van der Waals surface area contributed by atoms with E-state index in [1.165, 1.54) is 13.4 Å². The van der Waals surface area contributed by atoms with E-state index in [2.05, 4.69) is 0 Å². The molecule has 112 valence electrons. The number of hydrogen-bond donors (Lipinski definition) is 0. The molecule has 0 bridgehead atoms. The normalized spacial score (nSPS) is 21.9. The maximum Gasteiger partial charge on any atom is 0.341 e. The van der Waals surface area contributed by atoms with Crippen molar-refractivity contribution in [3.63, 3.8) is 0 Å². The van der Waals surface area contributed by atoms with Gasteiger partial charge in [0.15, 0.2) is 0 Å².